The van der Waals surface area contributed by atoms with Crippen LogP contribution in [0.4, 0.5) is 0 Å². The van der Waals surface area contributed by atoms with Crippen LogP contribution in [0.25, 0.3) is 0 Å². The molecule has 0 bridgehead atoms. The number of carbonyl (C=O) groups is 1. The van der Waals surface area contributed by atoms with Crippen LogP contribution in [0.2, 0.25) is 0 Å². The van der Waals surface area contributed by atoms with Crippen molar-refractivity contribution < 1.29 is 9.53 Å². The van der Waals surface area contributed by atoms with Gasteiger partial charge < -0.3 is 10.5 Å². The molecule has 0 aromatic heterocycles. The number of hydrogen-bond donors (Lipinski definition) is 1. The molecular weight excluding hydrogens is 226 g/mol. The van der Waals surface area contributed by atoms with Gasteiger partial charge in [0.05, 0.1) is 6.42 Å². The van der Waals surface area contributed by atoms with Crippen LogP contribution in [-0.4, -0.2) is 11.5 Å². The quantitative estimate of drug-likeness (QED) is 0.832. The summed E-state index contributed by atoms with van der Waals surface area (Å²) >= 11 is 0. The van der Waals surface area contributed by atoms with Crippen molar-refractivity contribution in [1.82, 2.24) is 0 Å². The summed E-state index contributed by atoms with van der Waals surface area (Å²) in [5, 5.41) is 0. The Morgan fingerprint density at radius 3 is 2.56 bits per heavy atom. The third-order valence-electron chi connectivity index (χ3n) is 3.67. The maximum Gasteiger partial charge on any atom is 0.308 e. The molecule has 98 valence electrons. The monoisotopic (exact) mass is 247 g/mol. The standard InChI is InChI=1S/C15H21NO2/c1-12(13-7-3-2-4-8-13)18-14(17)11-15(16)9-5-6-10-15/h2-4,7-8,12H,5-6,9-11,16H2,1H3. The van der Waals surface area contributed by atoms with E-state index in [0.29, 0.717) is 6.42 Å². The van der Waals surface area contributed by atoms with Gasteiger partial charge in [0.2, 0.25) is 0 Å². The largest absolute Gasteiger partial charge is 0.458 e. The lowest BCUT2D eigenvalue weighted by atomic mass is 9.95. The molecular formula is C15H21NO2. The molecule has 1 atom stereocenters. The van der Waals surface area contributed by atoms with E-state index in [1.165, 1.54) is 0 Å². The summed E-state index contributed by atoms with van der Waals surface area (Å²) in [5.41, 5.74) is 6.86. The number of nitrogens with two attached hydrogens (primary N) is 1. The van der Waals surface area contributed by atoms with E-state index in [-0.39, 0.29) is 17.6 Å². The smallest absolute Gasteiger partial charge is 0.308 e. The van der Waals surface area contributed by atoms with Crippen molar-refractivity contribution in [3.8, 4) is 0 Å². The van der Waals surface area contributed by atoms with Gasteiger partial charge in [-0.25, -0.2) is 0 Å². The van der Waals surface area contributed by atoms with Crippen LogP contribution in [0.1, 0.15) is 50.7 Å². The molecule has 1 aliphatic carbocycles. The predicted octanol–water partition coefficient (Wildman–Crippen LogP) is 2.95. The van der Waals surface area contributed by atoms with E-state index >= 15 is 0 Å². The van der Waals surface area contributed by atoms with E-state index in [1.807, 2.05) is 37.3 Å². The molecule has 0 saturated heterocycles. The van der Waals surface area contributed by atoms with Crippen molar-refractivity contribution in [2.75, 3.05) is 0 Å². The van der Waals surface area contributed by atoms with Crippen molar-refractivity contribution >= 4 is 5.97 Å². The van der Waals surface area contributed by atoms with Crippen LogP contribution >= 0.6 is 0 Å². The number of ether oxygens (including phenoxy) is 1. The van der Waals surface area contributed by atoms with E-state index in [4.69, 9.17) is 10.5 Å². The van der Waals surface area contributed by atoms with E-state index < -0.39 is 0 Å². The zero-order chi connectivity index (χ0) is 13.0. The second kappa shape index (κ2) is 5.53. The number of esters is 1. The van der Waals surface area contributed by atoms with Gasteiger partial charge in [0.15, 0.2) is 0 Å². The average Bonchev–Trinajstić information content (AvgIpc) is 2.76. The molecule has 1 aliphatic rings. The van der Waals surface area contributed by atoms with Crippen LogP contribution in [0.3, 0.4) is 0 Å². The predicted molar refractivity (Wildman–Crippen MR) is 71.0 cm³/mol. The van der Waals surface area contributed by atoms with Crippen LogP contribution in [0.5, 0.6) is 0 Å². The second-order valence-electron chi connectivity index (χ2n) is 5.29. The molecule has 3 heteroatoms. The first-order valence-electron chi connectivity index (χ1n) is 6.62. The first-order chi connectivity index (χ1) is 8.59. The van der Waals surface area contributed by atoms with Gasteiger partial charge in [-0.05, 0) is 25.3 Å². The molecule has 1 fully saturated rings. The van der Waals surface area contributed by atoms with E-state index in [1.54, 1.807) is 0 Å². The van der Waals surface area contributed by atoms with Gasteiger partial charge in [0, 0.05) is 5.54 Å². The third kappa shape index (κ3) is 3.33. The summed E-state index contributed by atoms with van der Waals surface area (Å²) in [5.74, 6) is -0.184. The normalized spacial score (nSPS) is 19.4. The molecule has 18 heavy (non-hydrogen) atoms. The highest BCUT2D eigenvalue weighted by Gasteiger charge is 2.32. The summed E-state index contributed by atoms with van der Waals surface area (Å²) in [4.78, 5) is 11.9. The zero-order valence-electron chi connectivity index (χ0n) is 10.9. The Kier molecular flexibility index (Phi) is 4.02. The molecule has 1 unspecified atom stereocenters. The first kappa shape index (κ1) is 13.1. The Morgan fingerprint density at radius 1 is 1.33 bits per heavy atom. The highest BCUT2D eigenvalue weighted by Crippen LogP contribution is 2.31. The Labute approximate surface area is 108 Å². The van der Waals surface area contributed by atoms with Gasteiger partial charge in [0.25, 0.3) is 0 Å². The van der Waals surface area contributed by atoms with Gasteiger partial charge in [-0.15, -0.1) is 0 Å². The minimum Gasteiger partial charge on any atom is -0.458 e. The molecule has 0 radical (unpaired) electrons. The molecule has 0 aliphatic heterocycles. The van der Waals surface area contributed by atoms with Crippen molar-refractivity contribution in [3.05, 3.63) is 35.9 Å². The molecule has 2 N–H and O–H groups in total. The average molecular weight is 247 g/mol. The van der Waals surface area contributed by atoms with Crippen molar-refractivity contribution in [2.24, 2.45) is 5.73 Å². The van der Waals surface area contributed by atoms with Gasteiger partial charge >= 0.3 is 5.97 Å². The Hall–Kier alpha value is -1.35. The highest BCUT2D eigenvalue weighted by molar-refractivity contribution is 5.71. The maximum atomic E-state index is 11.9. The fourth-order valence-electron chi connectivity index (χ4n) is 2.57. The minimum atomic E-state index is -0.326. The number of benzene rings is 1. The first-order valence-corrected chi connectivity index (χ1v) is 6.62. The highest BCUT2D eigenvalue weighted by atomic mass is 16.5. The van der Waals surface area contributed by atoms with Crippen LogP contribution in [-0.2, 0) is 9.53 Å². The van der Waals surface area contributed by atoms with E-state index in [0.717, 1.165) is 31.2 Å². The van der Waals surface area contributed by atoms with E-state index in [9.17, 15) is 4.79 Å². The summed E-state index contributed by atoms with van der Waals surface area (Å²) in [6.07, 6.45) is 4.24. The lowest BCUT2D eigenvalue weighted by Gasteiger charge is -2.23. The molecule has 2 rings (SSSR count). The second-order valence-corrected chi connectivity index (χ2v) is 5.29. The Bertz CT molecular complexity index is 396. The molecule has 1 aromatic carbocycles. The minimum absolute atomic E-state index is 0.184. The number of carbonyl (C=O) groups excluding carboxylic acids is 1. The summed E-state index contributed by atoms with van der Waals surface area (Å²) in [6.45, 7) is 1.89. The van der Waals surface area contributed by atoms with Crippen LogP contribution in [0, 0.1) is 0 Å². The number of hydrogen-bond acceptors (Lipinski definition) is 3. The lowest BCUT2D eigenvalue weighted by Crippen LogP contribution is -2.39. The van der Waals surface area contributed by atoms with Gasteiger partial charge in [-0.1, -0.05) is 43.2 Å². The topological polar surface area (TPSA) is 52.3 Å². The molecule has 1 aromatic rings. The molecule has 3 nitrogen and oxygen atoms in total. The van der Waals surface area contributed by atoms with Gasteiger partial charge in [-0.2, -0.15) is 0 Å². The molecule has 1 saturated carbocycles. The number of rotatable bonds is 4. The van der Waals surface area contributed by atoms with Gasteiger partial charge in [0.1, 0.15) is 6.10 Å². The van der Waals surface area contributed by atoms with Crippen molar-refractivity contribution in [2.45, 2.75) is 50.7 Å². The maximum absolute atomic E-state index is 11.9. The Balaban J connectivity index is 1.88. The van der Waals surface area contributed by atoms with Gasteiger partial charge in [-0.3, -0.25) is 4.79 Å². The molecule has 0 amide bonds. The Morgan fingerprint density at radius 2 is 1.94 bits per heavy atom. The lowest BCUT2D eigenvalue weighted by molar-refractivity contribution is -0.150. The fourth-order valence-corrected chi connectivity index (χ4v) is 2.57. The van der Waals surface area contributed by atoms with Crippen LogP contribution in [0.15, 0.2) is 30.3 Å². The SMILES string of the molecule is CC(OC(=O)CC1(N)CCCC1)c1ccccc1. The van der Waals surface area contributed by atoms with Crippen molar-refractivity contribution in [1.29, 1.82) is 0 Å². The van der Waals surface area contributed by atoms with Crippen molar-refractivity contribution in [3.63, 3.8) is 0 Å². The summed E-state index contributed by atoms with van der Waals surface area (Å²) in [7, 11) is 0. The summed E-state index contributed by atoms with van der Waals surface area (Å²) < 4.78 is 5.44. The molecule has 0 heterocycles. The molecule has 0 spiro atoms. The fraction of sp³-hybridized carbons (Fsp3) is 0.533. The zero-order valence-corrected chi connectivity index (χ0v) is 10.9. The third-order valence-corrected chi connectivity index (χ3v) is 3.67. The van der Waals surface area contributed by atoms with Crippen LogP contribution < -0.4 is 5.73 Å². The van der Waals surface area contributed by atoms with E-state index in [2.05, 4.69) is 0 Å². The summed E-state index contributed by atoms with van der Waals surface area (Å²) in [6, 6.07) is 9.77.